The van der Waals surface area contributed by atoms with Gasteiger partial charge in [-0.15, -0.1) is 22.7 Å². The number of aryl methyl sites for hydroxylation is 3. The van der Waals surface area contributed by atoms with Crippen molar-refractivity contribution in [2.45, 2.75) is 26.7 Å². The Balaban J connectivity index is 1.55. The van der Waals surface area contributed by atoms with Crippen LogP contribution >= 0.6 is 22.7 Å². The molecule has 1 aromatic carbocycles. The molecular formula is C19H18N4O2S2. The van der Waals surface area contributed by atoms with E-state index in [1.807, 2.05) is 31.4 Å². The first-order chi connectivity index (χ1) is 12.9. The quantitative estimate of drug-likeness (QED) is 0.722. The minimum Gasteiger partial charge on any atom is -0.315 e. The number of carbonyl (C=O) groups is 2. The van der Waals surface area contributed by atoms with Crippen molar-refractivity contribution in [1.82, 2.24) is 9.97 Å². The highest BCUT2D eigenvalue weighted by Gasteiger charge is 2.21. The van der Waals surface area contributed by atoms with Gasteiger partial charge in [-0.1, -0.05) is 6.07 Å². The van der Waals surface area contributed by atoms with Gasteiger partial charge in [-0.2, -0.15) is 0 Å². The summed E-state index contributed by atoms with van der Waals surface area (Å²) in [6, 6.07) is 6.00. The van der Waals surface area contributed by atoms with Crippen molar-refractivity contribution in [3.05, 3.63) is 44.7 Å². The number of anilines is 2. The van der Waals surface area contributed by atoms with E-state index < -0.39 is 0 Å². The Morgan fingerprint density at radius 2 is 2.04 bits per heavy atom. The van der Waals surface area contributed by atoms with Crippen LogP contribution in [0.5, 0.6) is 0 Å². The van der Waals surface area contributed by atoms with Gasteiger partial charge >= 0.3 is 0 Å². The summed E-state index contributed by atoms with van der Waals surface area (Å²) in [5.41, 5.74) is 4.63. The number of hydrogen-bond donors (Lipinski definition) is 1. The van der Waals surface area contributed by atoms with Crippen LogP contribution in [0.15, 0.2) is 23.6 Å². The van der Waals surface area contributed by atoms with Crippen molar-refractivity contribution in [2.24, 2.45) is 0 Å². The molecule has 2 aromatic heterocycles. The topological polar surface area (TPSA) is 75.2 Å². The SMILES string of the molecule is Cc1nc(C)c(C(=O)Nc2nc(-c3ccc4c(c3)CCC(=O)N4C)cs2)s1. The summed E-state index contributed by atoms with van der Waals surface area (Å²) < 4.78 is 0. The zero-order valence-corrected chi connectivity index (χ0v) is 16.8. The molecule has 0 radical (unpaired) electrons. The summed E-state index contributed by atoms with van der Waals surface area (Å²) in [4.78, 5) is 35.4. The minimum absolute atomic E-state index is 0.141. The summed E-state index contributed by atoms with van der Waals surface area (Å²) in [6.07, 6.45) is 1.27. The van der Waals surface area contributed by atoms with Gasteiger partial charge in [0.15, 0.2) is 5.13 Å². The molecule has 0 aliphatic carbocycles. The largest absolute Gasteiger partial charge is 0.315 e. The number of rotatable bonds is 3. The molecular weight excluding hydrogens is 380 g/mol. The van der Waals surface area contributed by atoms with E-state index in [0.29, 0.717) is 16.4 Å². The zero-order chi connectivity index (χ0) is 19.1. The smallest absolute Gasteiger partial charge is 0.269 e. The maximum Gasteiger partial charge on any atom is 0.269 e. The third kappa shape index (κ3) is 3.38. The van der Waals surface area contributed by atoms with Crippen LogP contribution in [0, 0.1) is 13.8 Å². The first-order valence-electron chi connectivity index (χ1n) is 8.53. The van der Waals surface area contributed by atoms with Crippen LogP contribution in [0.25, 0.3) is 11.3 Å². The molecule has 0 bridgehead atoms. The Bertz CT molecular complexity index is 1050. The number of fused-ring (bicyclic) bond motifs is 1. The lowest BCUT2D eigenvalue weighted by Crippen LogP contribution is -2.30. The second kappa shape index (κ2) is 6.86. The van der Waals surface area contributed by atoms with Crippen molar-refractivity contribution in [3.63, 3.8) is 0 Å². The van der Waals surface area contributed by atoms with Crippen LogP contribution in [0.3, 0.4) is 0 Å². The maximum absolute atomic E-state index is 12.4. The molecule has 0 unspecified atom stereocenters. The van der Waals surface area contributed by atoms with Gasteiger partial charge < -0.3 is 4.90 Å². The highest BCUT2D eigenvalue weighted by Crippen LogP contribution is 2.32. The number of benzene rings is 1. The second-order valence-electron chi connectivity index (χ2n) is 6.44. The van der Waals surface area contributed by atoms with Crippen molar-refractivity contribution in [2.75, 3.05) is 17.3 Å². The Kier molecular flexibility index (Phi) is 4.53. The number of thiazole rings is 2. The average molecular weight is 399 g/mol. The monoisotopic (exact) mass is 398 g/mol. The van der Waals surface area contributed by atoms with E-state index >= 15 is 0 Å². The molecule has 6 nitrogen and oxygen atoms in total. The highest BCUT2D eigenvalue weighted by atomic mass is 32.1. The van der Waals surface area contributed by atoms with Crippen molar-refractivity contribution in [3.8, 4) is 11.3 Å². The van der Waals surface area contributed by atoms with Crippen LogP contribution in [0.4, 0.5) is 10.8 Å². The van der Waals surface area contributed by atoms with Crippen LogP contribution in [-0.2, 0) is 11.2 Å². The highest BCUT2D eigenvalue weighted by molar-refractivity contribution is 7.15. The maximum atomic E-state index is 12.4. The molecule has 3 heterocycles. The molecule has 1 aliphatic heterocycles. The molecule has 0 spiro atoms. The van der Waals surface area contributed by atoms with Gasteiger partial charge in [0, 0.05) is 30.1 Å². The van der Waals surface area contributed by atoms with Gasteiger partial charge in [0.2, 0.25) is 5.91 Å². The van der Waals surface area contributed by atoms with Gasteiger partial charge in [-0.05, 0) is 38.0 Å². The zero-order valence-electron chi connectivity index (χ0n) is 15.2. The number of carbonyl (C=O) groups excluding carboxylic acids is 2. The van der Waals surface area contributed by atoms with Gasteiger partial charge in [-0.3, -0.25) is 14.9 Å². The molecule has 138 valence electrons. The van der Waals surface area contributed by atoms with Crippen LogP contribution < -0.4 is 10.2 Å². The van der Waals surface area contributed by atoms with E-state index in [1.54, 1.807) is 11.9 Å². The third-order valence-electron chi connectivity index (χ3n) is 4.55. The van der Waals surface area contributed by atoms with Gasteiger partial charge in [-0.25, -0.2) is 9.97 Å². The van der Waals surface area contributed by atoms with E-state index in [-0.39, 0.29) is 11.8 Å². The molecule has 0 fully saturated rings. The summed E-state index contributed by atoms with van der Waals surface area (Å²) in [5, 5.41) is 6.23. The lowest BCUT2D eigenvalue weighted by molar-refractivity contribution is -0.118. The Morgan fingerprint density at radius 3 is 2.78 bits per heavy atom. The fraction of sp³-hybridized carbons (Fsp3) is 0.263. The number of aromatic nitrogens is 2. The molecule has 8 heteroatoms. The number of nitrogens with one attached hydrogen (secondary N) is 1. The van der Waals surface area contributed by atoms with Gasteiger partial charge in [0.05, 0.1) is 16.4 Å². The number of amides is 2. The predicted octanol–water partition coefficient (Wildman–Crippen LogP) is 4.04. The number of hydrogen-bond acceptors (Lipinski definition) is 6. The van der Waals surface area contributed by atoms with E-state index in [0.717, 1.165) is 39.6 Å². The van der Waals surface area contributed by atoms with Crippen molar-refractivity contribution < 1.29 is 9.59 Å². The predicted molar refractivity (Wildman–Crippen MR) is 109 cm³/mol. The molecule has 0 saturated carbocycles. The summed E-state index contributed by atoms with van der Waals surface area (Å²) in [6.45, 7) is 3.72. The van der Waals surface area contributed by atoms with E-state index in [2.05, 4.69) is 21.4 Å². The van der Waals surface area contributed by atoms with Crippen molar-refractivity contribution in [1.29, 1.82) is 0 Å². The second-order valence-corrected chi connectivity index (χ2v) is 8.50. The Hall–Kier alpha value is -2.58. The lowest BCUT2D eigenvalue weighted by atomic mass is 9.98. The average Bonchev–Trinajstić information content (AvgIpc) is 3.24. The molecule has 4 rings (SSSR count). The minimum atomic E-state index is -0.176. The van der Waals surface area contributed by atoms with E-state index in [4.69, 9.17) is 0 Å². The van der Waals surface area contributed by atoms with Crippen LogP contribution in [0.1, 0.15) is 32.4 Å². The standard InChI is InChI=1S/C19H18N4O2S2/c1-10-17(27-11(2)20-10)18(25)22-19-21-14(9-26-19)12-4-6-15-13(8-12)5-7-16(24)23(15)3/h4,6,8-9H,5,7H2,1-3H3,(H,21,22,25). The van der Waals surface area contributed by atoms with Gasteiger partial charge in [0.1, 0.15) is 4.88 Å². The van der Waals surface area contributed by atoms with Crippen LogP contribution in [0.2, 0.25) is 0 Å². The molecule has 27 heavy (non-hydrogen) atoms. The van der Waals surface area contributed by atoms with E-state index in [1.165, 1.54) is 22.7 Å². The summed E-state index contributed by atoms with van der Waals surface area (Å²) >= 11 is 2.78. The summed E-state index contributed by atoms with van der Waals surface area (Å²) in [7, 11) is 1.81. The van der Waals surface area contributed by atoms with E-state index in [9.17, 15) is 9.59 Å². The Labute approximate surface area is 164 Å². The fourth-order valence-corrected chi connectivity index (χ4v) is 4.71. The molecule has 1 N–H and O–H groups in total. The van der Waals surface area contributed by atoms with Gasteiger partial charge in [0.25, 0.3) is 5.91 Å². The third-order valence-corrected chi connectivity index (χ3v) is 6.38. The lowest BCUT2D eigenvalue weighted by Gasteiger charge is -2.26. The molecule has 1 aliphatic rings. The number of nitrogens with zero attached hydrogens (tertiary/aromatic N) is 3. The normalized spacial score (nSPS) is 13.6. The van der Waals surface area contributed by atoms with Crippen molar-refractivity contribution >= 4 is 45.3 Å². The van der Waals surface area contributed by atoms with Crippen LogP contribution in [-0.4, -0.2) is 28.8 Å². The molecule has 3 aromatic rings. The molecule has 0 saturated heterocycles. The summed E-state index contributed by atoms with van der Waals surface area (Å²) in [5.74, 6) is -0.0351. The molecule has 2 amide bonds. The fourth-order valence-electron chi connectivity index (χ4n) is 3.18. The molecule has 0 atom stereocenters. The first kappa shape index (κ1) is 17.8. The Morgan fingerprint density at radius 1 is 1.22 bits per heavy atom. The first-order valence-corrected chi connectivity index (χ1v) is 10.2.